The number of ether oxygens (including phenoxy) is 1. The van der Waals surface area contributed by atoms with E-state index in [9.17, 15) is 9.59 Å². The third kappa shape index (κ3) is 11.7. The topological polar surface area (TPSA) is 63.6 Å². The molecule has 0 rings (SSSR count). The summed E-state index contributed by atoms with van der Waals surface area (Å²) >= 11 is 0. The monoisotopic (exact) mass is 160 g/mol. The molecule has 0 saturated heterocycles. The predicted octanol–water partition coefficient (Wildman–Crippen LogP) is 0.114. The first-order valence-electron chi connectivity index (χ1n) is 1.98. The van der Waals surface area contributed by atoms with E-state index in [4.69, 9.17) is 5.11 Å². The molecule has 0 aliphatic rings. The van der Waals surface area contributed by atoms with Crippen molar-refractivity contribution in [1.29, 1.82) is 0 Å². The average Bonchev–Trinajstić information content (AvgIpc) is 1.61. The van der Waals surface area contributed by atoms with Crippen molar-refractivity contribution >= 4 is 49.7 Å². The summed E-state index contributed by atoms with van der Waals surface area (Å²) in [5, 5.41) is 7.79. The molecule has 0 atom stereocenters. The van der Waals surface area contributed by atoms with Crippen LogP contribution in [-0.2, 0) is 9.53 Å². The number of hydrogen-bond acceptors (Lipinski definition) is 3. The Morgan fingerprint density at radius 3 is 2.22 bits per heavy atom. The van der Waals surface area contributed by atoms with E-state index in [0.717, 1.165) is 0 Å². The Morgan fingerprint density at radius 1 is 1.67 bits per heavy atom. The number of rotatable bonds is 2. The molecule has 0 radical (unpaired) electrons. The number of Topliss-reactive ketones (excluding diaryl/α,β-unsaturated/α-hetero) is 1. The quantitative estimate of drug-likeness (QED) is 0.460. The molecule has 0 aromatic carbocycles. The van der Waals surface area contributed by atoms with E-state index in [1.54, 1.807) is 0 Å². The summed E-state index contributed by atoms with van der Waals surface area (Å²) in [5.41, 5.74) is 0. The van der Waals surface area contributed by atoms with Gasteiger partial charge < -0.3 is 12.7 Å². The van der Waals surface area contributed by atoms with Crippen LogP contribution >= 0.6 is 0 Å². The molecule has 0 heterocycles. The van der Waals surface area contributed by atoms with Gasteiger partial charge in [-0.15, -0.1) is 0 Å². The van der Waals surface area contributed by atoms with E-state index in [1.807, 2.05) is 0 Å². The summed E-state index contributed by atoms with van der Waals surface area (Å²) in [5.74, 6) is -0.299. The first-order chi connectivity index (χ1) is 3.63. The smallest absolute Gasteiger partial charge is 1.00 e. The number of carbonyl (C=O) groups excluding carboxylic acids is 1. The zero-order valence-corrected chi connectivity index (χ0v) is 7.29. The Labute approximate surface area is 85.2 Å². The number of carbonyl (C=O) groups is 2. The van der Waals surface area contributed by atoms with E-state index in [2.05, 4.69) is 4.74 Å². The molecule has 0 bridgehead atoms. The summed E-state index contributed by atoms with van der Waals surface area (Å²) in [6.07, 6.45) is -1.42. The van der Waals surface area contributed by atoms with Gasteiger partial charge in [-0.1, -0.05) is 0 Å². The Kier molecular flexibility index (Phi) is 8.38. The second kappa shape index (κ2) is 6.32. The van der Waals surface area contributed by atoms with Crippen LogP contribution in [0, 0.1) is 0 Å². The van der Waals surface area contributed by atoms with Gasteiger partial charge in [0.2, 0.25) is 0 Å². The molecule has 4 nitrogen and oxygen atoms in total. The molecule has 0 aliphatic heterocycles. The summed E-state index contributed by atoms with van der Waals surface area (Å²) in [7, 11) is 0. The number of ketones is 1. The third-order valence-corrected chi connectivity index (χ3v) is 0.399. The molecule has 0 spiro atoms. The molecular weight excluding hydrogens is 152 g/mol. The normalized spacial score (nSPS) is 7.22. The maximum atomic E-state index is 9.96. The van der Waals surface area contributed by atoms with Gasteiger partial charge in [0.25, 0.3) is 0 Å². The zero-order valence-electron chi connectivity index (χ0n) is 7.09. The average molecular weight is 160 g/mol. The summed E-state index contributed by atoms with van der Waals surface area (Å²) < 4.78 is 3.87. The van der Waals surface area contributed by atoms with Gasteiger partial charge in [-0.3, -0.25) is 4.79 Å². The molecule has 0 fully saturated rings. The number of hydrogen-bond donors (Lipinski definition) is 1. The van der Waals surface area contributed by atoms with Crippen molar-refractivity contribution in [3.8, 4) is 0 Å². The molecular formula is C4H8CaO4. The van der Waals surface area contributed by atoms with Crippen molar-refractivity contribution in [2.45, 2.75) is 6.92 Å². The van der Waals surface area contributed by atoms with Crippen molar-refractivity contribution in [3.63, 3.8) is 0 Å². The SMILES string of the molecule is CC(=O)COC(=O)O.[Ca+2].[H-].[H-]. The van der Waals surface area contributed by atoms with Crippen LogP contribution < -0.4 is 0 Å². The molecule has 0 aliphatic carbocycles. The van der Waals surface area contributed by atoms with Crippen LogP contribution in [0.25, 0.3) is 0 Å². The van der Waals surface area contributed by atoms with Crippen LogP contribution in [0.1, 0.15) is 9.78 Å². The molecule has 0 unspecified atom stereocenters. The van der Waals surface area contributed by atoms with E-state index >= 15 is 0 Å². The Balaban J connectivity index is -0.0000000817. The minimum atomic E-state index is -1.42. The van der Waals surface area contributed by atoms with Gasteiger partial charge in [0, 0.05) is 0 Å². The Hall–Kier alpha value is 0.200. The van der Waals surface area contributed by atoms with Gasteiger partial charge in [0.05, 0.1) is 0 Å². The van der Waals surface area contributed by atoms with Crippen molar-refractivity contribution < 1.29 is 22.3 Å². The van der Waals surface area contributed by atoms with Crippen molar-refractivity contribution in [2.24, 2.45) is 0 Å². The van der Waals surface area contributed by atoms with Gasteiger partial charge in [0.1, 0.15) is 0 Å². The van der Waals surface area contributed by atoms with Gasteiger partial charge in [-0.05, 0) is 6.92 Å². The molecule has 0 saturated carbocycles. The Morgan fingerprint density at radius 2 is 2.11 bits per heavy atom. The minimum Gasteiger partial charge on any atom is -1.00 e. The fraction of sp³-hybridized carbons (Fsp3) is 0.500. The van der Waals surface area contributed by atoms with Crippen LogP contribution in [0.5, 0.6) is 0 Å². The third-order valence-electron chi connectivity index (χ3n) is 0.399. The second-order valence-corrected chi connectivity index (χ2v) is 1.26. The predicted molar refractivity (Wildman–Crippen MR) is 32.6 cm³/mol. The summed E-state index contributed by atoms with van der Waals surface area (Å²) in [6, 6.07) is 0. The zero-order chi connectivity index (χ0) is 6.57. The van der Waals surface area contributed by atoms with E-state index < -0.39 is 6.16 Å². The first-order valence-corrected chi connectivity index (χ1v) is 1.98. The molecule has 0 amide bonds. The molecule has 1 N–H and O–H groups in total. The maximum absolute atomic E-state index is 9.96. The van der Waals surface area contributed by atoms with Gasteiger partial charge in [-0.25, -0.2) is 4.79 Å². The van der Waals surface area contributed by atoms with Crippen molar-refractivity contribution in [1.82, 2.24) is 0 Å². The van der Waals surface area contributed by atoms with Crippen molar-refractivity contribution in [3.05, 3.63) is 0 Å². The second-order valence-electron chi connectivity index (χ2n) is 1.26. The molecule has 9 heavy (non-hydrogen) atoms. The van der Waals surface area contributed by atoms with E-state index in [0.29, 0.717) is 0 Å². The standard InChI is InChI=1S/C4H6O4.Ca.2H/c1-3(5)2-8-4(6)7;;;/h2H2,1H3,(H,6,7);;;/q;+2;2*-1. The fourth-order valence-electron chi connectivity index (χ4n) is 0.163. The van der Waals surface area contributed by atoms with Crippen LogP contribution in [-0.4, -0.2) is 61.4 Å². The van der Waals surface area contributed by atoms with Crippen LogP contribution in [0.3, 0.4) is 0 Å². The summed E-state index contributed by atoms with van der Waals surface area (Å²) in [6.45, 7) is 0.901. The Bertz CT molecular complexity index is 105. The fourth-order valence-corrected chi connectivity index (χ4v) is 0.163. The molecule has 0 aromatic heterocycles. The molecule has 0 aromatic rings. The van der Waals surface area contributed by atoms with Gasteiger partial charge in [-0.2, -0.15) is 0 Å². The van der Waals surface area contributed by atoms with Crippen LogP contribution in [0.15, 0.2) is 0 Å². The van der Waals surface area contributed by atoms with E-state index in [1.165, 1.54) is 6.92 Å². The molecule has 5 heteroatoms. The van der Waals surface area contributed by atoms with Gasteiger partial charge >= 0.3 is 43.9 Å². The van der Waals surface area contributed by atoms with Crippen molar-refractivity contribution in [2.75, 3.05) is 6.61 Å². The van der Waals surface area contributed by atoms with Crippen LogP contribution in [0.2, 0.25) is 0 Å². The largest absolute Gasteiger partial charge is 2.00 e. The minimum absolute atomic E-state index is 0. The summed E-state index contributed by atoms with van der Waals surface area (Å²) in [4.78, 5) is 19.5. The van der Waals surface area contributed by atoms with E-state index in [-0.39, 0.29) is 53.0 Å². The number of carboxylic acid groups (broad SMARTS) is 1. The maximum Gasteiger partial charge on any atom is 2.00 e. The van der Waals surface area contributed by atoms with Gasteiger partial charge in [0.15, 0.2) is 12.4 Å². The van der Waals surface area contributed by atoms with Crippen LogP contribution in [0.4, 0.5) is 4.79 Å². The molecule has 50 valence electrons. The first kappa shape index (κ1) is 11.9.